The molecule has 7 aromatic rings. The van der Waals surface area contributed by atoms with Crippen LogP contribution in [-0.4, -0.2) is 129 Å². The number of aliphatic hydroxyl groups is 2. The molecular formula is C64H73N10O12PS2+2. The van der Waals surface area contributed by atoms with Crippen LogP contribution in [0.15, 0.2) is 163 Å². The van der Waals surface area contributed by atoms with Gasteiger partial charge in [-0.1, -0.05) is 72.1 Å². The number of phosphoric ester groups is 1. The van der Waals surface area contributed by atoms with Gasteiger partial charge in [-0.25, -0.2) is 18.5 Å². The number of H-pyrrole nitrogens is 1. The number of thioether (sulfide) groups is 2. The van der Waals surface area contributed by atoms with E-state index in [1.54, 1.807) is 23.5 Å². The first-order chi connectivity index (χ1) is 43.0. The van der Waals surface area contributed by atoms with Crippen molar-refractivity contribution in [2.75, 3.05) is 68.8 Å². The third kappa shape index (κ3) is 16.2. The van der Waals surface area contributed by atoms with Crippen molar-refractivity contribution in [1.29, 1.82) is 0 Å². The van der Waals surface area contributed by atoms with E-state index in [0.29, 0.717) is 58.4 Å². The fourth-order valence-electron chi connectivity index (χ4n) is 11.2. The summed E-state index contributed by atoms with van der Waals surface area (Å²) < 4.78 is 26.7. The zero-order valence-electron chi connectivity index (χ0n) is 49.4. The van der Waals surface area contributed by atoms with Crippen LogP contribution in [0.25, 0.3) is 40.0 Å². The van der Waals surface area contributed by atoms with Crippen LogP contribution >= 0.6 is 31.3 Å². The zero-order valence-corrected chi connectivity index (χ0v) is 51.9. The van der Waals surface area contributed by atoms with Crippen LogP contribution in [0.3, 0.4) is 0 Å². The van der Waals surface area contributed by atoms with E-state index in [9.17, 15) is 48.5 Å². The number of aryl methyl sites for hydroxylation is 2. The number of nitrogens with one attached hydrogen (secondary N) is 4. The third-order valence-electron chi connectivity index (χ3n) is 15.7. The molecule has 3 aliphatic rings. The van der Waals surface area contributed by atoms with Gasteiger partial charge in [-0.2, -0.15) is 0 Å². The monoisotopic (exact) mass is 1270 g/mol. The second-order valence-electron chi connectivity index (χ2n) is 21.8. The van der Waals surface area contributed by atoms with Gasteiger partial charge in [0, 0.05) is 112 Å². The molecule has 89 heavy (non-hydrogen) atoms. The third-order valence-corrected chi connectivity index (χ3v) is 18.5. The molecule has 1 fully saturated rings. The summed E-state index contributed by atoms with van der Waals surface area (Å²) in [5, 5.41) is 34.0. The minimum absolute atomic E-state index is 0.0912. The van der Waals surface area contributed by atoms with Crippen molar-refractivity contribution in [2.24, 2.45) is 14.1 Å². The van der Waals surface area contributed by atoms with E-state index < -0.39 is 56.1 Å². The Kier molecular flexibility index (Phi) is 21.5. The number of aromatic nitrogens is 4. The van der Waals surface area contributed by atoms with Crippen LogP contribution in [0.1, 0.15) is 61.4 Å². The summed E-state index contributed by atoms with van der Waals surface area (Å²) in [6, 6.07) is 37.7. The first kappa shape index (κ1) is 64.3. The number of aliphatic hydroxyl groups excluding tert-OH is 2. The average Bonchev–Trinajstić information content (AvgIpc) is 2.94. The topological polar surface area (TPSA) is 276 Å². The predicted octanol–water partition coefficient (Wildman–Crippen LogP) is 5.45. The fraction of sp³-hybridized carbons (Fsp3) is 0.328. The van der Waals surface area contributed by atoms with E-state index in [-0.39, 0.29) is 23.9 Å². The lowest BCUT2D eigenvalue weighted by Crippen LogP contribution is -2.42. The number of para-hydroxylation sites is 4. The molecule has 0 spiro atoms. The molecule has 1 saturated heterocycles. The number of rotatable bonds is 27. The summed E-state index contributed by atoms with van der Waals surface area (Å²) in [4.78, 5) is 95.3. The molecule has 0 saturated carbocycles. The molecule has 22 nitrogen and oxygen atoms in total. The van der Waals surface area contributed by atoms with E-state index in [1.807, 2.05) is 55.4 Å². The number of nitrogens with zero attached hydrogens (tertiary/aromatic N) is 6. The molecular weight excluding hydrogens is 1200 g/mol. The van der Waals surface area contributed by atoms with Crippen molar-refractivity contribution in [3.05, 3.63) is 181 Å². The first-order valence-electron chi connectivity index (χ1n) is 29.5. The molecule has 4 atom stereocenters. The van der Waals surface area contributed by atoms with Crippen LogP contribution in [0, 0.1) is 0 Å². The Balaban J connectivity index is 0.730. The van der Waals surface area contributed by atoms with E-state index in [0.717, 1.165) is 103 Å². The largest absolute Gasteiger partial charge is 0.470 e. The molecule has 466 valence electrons. The van der Waals surface area contributed by atoms with Crippen LogP contribution in [0.4, 0.5) is 11.4 Å². The predicted molar refractivity (Wildman–Crippen MR) is 343 cm³/mol. The highest BCUT2D eigenvalue weighted by Crippen LogP contribution is 2.48. The van der Waals surface area contributed by atoms with Gasteiger partial charge in [0.25, 0.3) is 5.56 Å². The van der Waals surface area contributed by atoms with Crippen LogP contribution in [0.2, 0.25) is 0 Å². The maximum absolute atomic E-state index is 13.4. The molecule has 0 aliphatic carbocycles. The van der Waals surface area contributed by atoms with Gasteiger partial charge in [-0.15, -0.1) is 0 Å². The molecule has 0 bridgehead atoms. The number of aromatic amines is 1. The summed E-state index contributed by atoms with van der Waals surface area (Å²) >= 11 is 3.48. The van der Waals surface area contributed by atoms with Crippen molar-refractivity contribution in [3.63, 3.8) is 0 Å². The maximum atomic E-state index is 13.4. The van der Waals surface area contributed by atoms with Gasteiger partial charge in [0.1, 0.15) is 32.4 Å². The zero-order chi connectivity index (χ0) is 62.6. The number of anilines is 2. The number of ether oxygens (including phenoxy) is 1. The normalized spacial score (nSPS) is 18.2. The summed E-state index contributed by atoms with van der Waals surface area (Å²) in [6.07, 6.45) is 8.73. The SMILES string of the molecule is C[n+]1ccc(C=C2Sc3ccccc3N2CCCCC(=O)NCCN(CCNC(=O)/C=C/c2cn([C@@H]3O[C@H](CO)[C@@H](OP(=O)(O)O)[C@H]3O)c(=O)[nH]c2=O)CCNC(=O)CCCCN2C(=Cc3cc[n+](C)c4ccccc34)Sc3ccccc32)c2ccccc21. The molecule has 0 radical (unpaired) electrons. The first-order valence-corrected chi connectivity index (χ1v) is 32.7. The van der Waals surface area contributed by atoms with E-state index in [2.05, 4.69) is 142 Å². The highest BCUT2D eigenvalue weighted by molar-refractivity contribution is 8.04. The number of carbonyl (C=O) groups excluding carboxylic acids is 3. The van der Waals surface area contributed by atoms with Crippen molar-refractivity contribution in [1.82, 2.24) is 30.4 Å². The van der Waals surface area contributed by atoms with E-state index in [4.69, 9.17) is 4.74 Å². The van der Waals surface area contributed by atoms with E-state index in [1.165, 1.54) is 9.79 Å². The molecule has 4 aromatic carbocycles. The van der Waals surface area contributed by atoms with Gasteiger partial charge in [0.2, 0.25) is 28.8 Å². The number of pyridine rings is 2. The van der Waals surface area contributed by atoms with Gasteiger partial charge in [-0.3, -0.25) is 38.2 Å². The number of fused-ring (bicyclic) bond motifs is 4. The lowest BCUT2D eigenvalue weighted by atomic mass is 10.1. The maximum Gasteiger partial charge on any atom is 0.470 e. The lowest BCUT2D eigenvalue weighted by molar-refractivity contribution is -0.645. The number of amides is 3. The Morgan fingerprint density at radius 3 is 1.71 bits per heavy atom. The summed E-state index contributed by atoms with van der Waals surface area (Å²) in [5.74, 6) is -0.781. The number of unbranched alkanes of at least 4 members (excludes halogenated alkanes) is 2. The molecule has 8 N–H and O–H groups in total. The van der Waals surface area contributed by atoms with Gasteiger partial charge < -0.3 is 50.5 Å². The minimum atomic E-state index is -5.16. The standard InChI is InChI=1S/C64H71N10O12PS2/c1-69-34-27-43(46-15-3-5-17-48(46)69)39-58-72(50-19-7-9-21-53(50)88-58)32-13-11-23-55(76)65-29-36-71(38-31-67-57(78)26-25-45-41-74(64(81)68-62(45)80)63-60(79)61(52(42-75)85-63)86-87(82,83)84)37-30-66-56(77)24-12-14-33-73-51-20-8-10-22-54(51)89-59(73)40-44-28-35-70(2)49-18-6-4-16-47(44)49/h3-10,15-22,25-28,34-35,39-41,52,60-61,63,75,79H,11-14,23-24,29-33,36-38,42H2,1-2H3,(H4-2,65,66,67,68,76,77,78,80,81,82,83,84)/p+2/b26-25+/t52-,60-,61-,63-/m1/s1. The van der Waals surface area contributed by atoms with Crippen LogP contribution < -0.4 is 46.1 Å². The minimum Gasteiger partial charge on any atom is -0.394 e. The number of hydrogen-bond acceptors (Lipinski definition) is 15. The van der Waals surface area contributed by atoms with Crippen molar-refractivity contribution >= 4 is 100 Å². The highest BCUT2D eigenvalue weighted by Gasteiger charge is 2.48. The molecule has 3 aromatic heterocycles. The van der Waals surface area contributed by atoms with Crippen molar-refractivity contribution < 1.29 is 57.3 Å². The Hall–Kier alpha value is -7.74. The van der Waals surface area contributed by atoms with Gasteiger partial charge in [-0.05, 0) is 91.4 Å². The molecule has 10 rings (SSSR count). The molecule has 3 amide bonds. The van der Waals surface area contributed by atoms with E-state index >= 15 is 0 Å². The fourth-order valence-corrected chi connectivity index (χ4v) is 14.0. The lowest BCUT2D eigenvalue weighted by Gasteiger charge is -2.23. The number of phosphoric acid groups is 1. The van der Waals surface area contributed by atoms with Crippen LogP contribution in [0.5, 0.6) is 0 Å². The molecule has 3 aliphatic heterocycles. The average molecular weight is 1270 g/mol. The summed E-state index contributed by atoms with van der Waals surface area (Å²) in [7, 11) is -1.08. The smallest absolute Gasteiger partial charge is 0.394 e. The second-order valence-corrected chi connectivity index (χ2v) is 25.2. The number of carbonyl (C=O) groups is 3. The Bertz CT molecular complexity index is 3830. The number of hydrogen-bond donors (Lipinski definition) is 8. The molecule has 25 heteroatoms. The second kappa shape index (κ2) is 29.7. The molecule has 6 heterocycles. The summed E-state index contributed by atoms with van der Waals surface area (Å²) in [5.41, 5.74) is 4.70. The Labute approximate surface area is 522 Å². The Morgan fingerprint density at radius 2 is 1.19 bits per heavy atom. The summed E-state index contributed by atoms with van der Waals surface area (Å²) in [6.45, 7) is 2.51. The van der Waals surface area contributed by atoms with Gasteiger partial charge in [0.15, 0.2) is 18.6 Å². The molecule has 0 unspecified atom stereocenters. The van der Waals surface area contributed by atoms with Crippen molar-refractivity contribution in [3.8, 4) is 0 Å². The quantitative estimate of drug-likeness (QED) is 0.0138. The van der Waals surface area contributed by atoms with Crippen LogP contribution in [-0.2, 0) is 42.3 Å². The van der Waals surface area contributed by atoms with Gasteiger partial charge in [0.05, 0.1) is 44.4 Å². The van der Waals surface area contributed by atoms with Gasteiger partial charge >= 0.3 is 13.5 Å². The Morgan fingerprint density at radius 1 is 0.697 bits per heavy atom. The van der Waals surface area contributed by atoms with Crippen molar-refractivity contribution in [2.45, 2.75) is 72.9 Å². The number of benzene rings is 4. The highest BCUT2D eigenvalue weighted by atomic mass is 32.2.